The van der Waals surface area contributed by atoms with E-state index in [4.69, 9.17) is 0 Å². The monoisotopic (exact) mass is 482 g/mol. The van der Waals surface area contributed by atoms with Gasteiger partial charge in [0.05, 0.1) is 22.4 Å². The zero-order chi connectivity index (χ0) is 22.1. The minimum Gasteiger partial charge on any atom is -0.744 e. The van der Waals surface area contributed by atoms with Gasteiger partial charge in [-0.05, 0) is 36.6 Å². The minimum absolute atomic E-state index is 0. The molecule has 7 heteroatoms. The Hall–Kier alpha value is -0.414. The van der Waals surface area contributed by atoms with Crippen LogP contribution in [0, 0.1) is 0 Å². The summed E-state index contributed by atoms with van der Waals surface area (Å²) in [6, 6.07) is 14.9. The molecule has 5 nitrogen and oxygen atoms in total. The number of nitrogens with zero attached hydrogens (tertiary/aromatic N) is 1. The van der Waals surface area contributed by atoms with E-state index in [1.807, 2.05) is 18.2 Å². The van der Waals surface area contributed by atoms with E-state index in [1.165, 1.54) is 69.1 Å². The Bertz CT molecular complexity index is 922. The summed E-state index contributed by atoms with van der Waals surface area (Å²) in [5, 5.41) is 3.47. The Morgan fingerprint density at radius 1 is 0.906 bits per heavy atom. The van der Waals surface area contributed by atoms with Crippen molar-refractivity contribution in [3.8, 4) is 0 Å². The number of benzene rings is 2. The predicted molar refractivity (Wildman–Crippen MR) is 126 cm³/mol. The van der Waals surface area contributed by atoms with Crippen LogP contribution in [0.15, 0.2) is 53.4 Å². The van der Waals surface area contributed by atoms with Gasteiger partial charge in [0.1, 0.15) is 10.1 Å². The zero-order valence-electron chi connectivity index (χ0n) is 19.6. The molecular weight excluding hydrogens is 447 g/mol. The fourth-order valence-corrected chi connectivity index (χ4v) is 4.81. The normalized spacial score (nSPS) is 15.2. The number of fused-ring (bicyclic) bond motifs is 1. The van der Waals surface area contributed by atoms with Crippen LogP contribution in [-0.2, 0) is 16.7 Å². The van der Waals surface area contributed by atoms with Crippen molar-refractivity contribution in [2.75, 3.05) is 10.2 Å². The maximum Gasteiger partial charge on any atom is 1.00 e. The van der Waals surface area contributed by atoms with E-state index in [0.29, 0.717) is 0 Å². The quantitative estimate of drug-likeness (QED) is 0.269. The van der Waals surface area contributed by atoms with Gasteiger partial charge in [-0.15, -0.1) is 0 Å². The summed E-state index contributed by atoms with van der Waals surface area (Å²) in [7, 11) is -4.46. The van der Waals surface area contributed by atoms with Crippen LogP contribution in [0.5, 0.6) is 0 Å². The van der Waals surface area contributed by atoms with Gasteiger partial charge in [0.2, 0.25) is 0 Å². The number of hydrogen-bond acceptors (Lipinski definition) is 5. The van der Waals surface area contributed by atoms with E-state index in [-0.39, 0.29) is 62.4 Å². The van der Waals surface area contributed by atoms with Crippen LogP contribution in [0.1, 0.15) is 76.7 Å². The van der Waals surface area contributed by atoms with Gasteiger partial charge in [-0.3, -0.25) is 0 Å². The Kier molecular flexibility index (Phi) is 12.3. The van der Waals surface area contributed by atoms with Crippen molar-refractivity contribution in [1.29, 1.82) is 0 Å². The molecule has 0 amide bonds. The number of unbranched alkanes of at least 4 members (excludes halogenated alkanes) is 8. The Labute approximate surface area is 236 Å². The van der Waals surface area contributed by atoms with E-state index >= 15 is 0 Å². The molecule has 0 aliphatic carbocycles. The number of hydrogen-bond donors (Lipinski definition) is 1. The average molecular weight is 483 g/mol. The summed E-state index contributed by atoms with van der Waals surface area (Å²) >= 11 is 0. The van der Waals surface area contributed by atoms with Crippen LogP contribution in [0.3, 0.4) is 0 Å². The van der Waals surface area contributed by atoms with Crippen LogP contribution in [0.4, 0.5) is 11.4 Å². The molecule has 170 valence electrons. The van der Waals surface area contributed by atoms with Crippen molar-refractivity contribution in [2.45, 2.75) is 88.7 Å². The number of anilines is 2. The largest absolute Gasteiger partial charge is 1.00 e. The molecule has 3 rings (SSSR count). The predicted octanol–water partition coefficient (Wildman–Crippen LogP) is 3.27. The summed E-state index contributed by atoms with van der Waals surface area (Å²) in [6.45, 7) is 2.99. The van der Waals surface area contributed by atoms with Crippen LogP contribution < -0.4 is 61.6 Å². The van der Waals surface area contributed by atoms with E-state index < -0.39 is 10.1 Å². The van der Waals surface area contributed by atoms with Gasteiger partial charge in [0.15, 0.2) is 0 Å². The molecule has 32 heavy (non-hydrogen) atoms. The number of rotatable bonds is 13. The molecule has 1 aliphatic heterocycles. The van der Waals surface area contributed by atoms with Gasteiger partial charge < -0.3 is 14.8 Å². The molecule has 0 radical (unpaired) electrons. The second-order valence-corrected chi connectivity index (χ2v) is 9.90. The summed E-state index contributed by atoms with van der Waals surface area (Å²) in [5.74, 6) is 0. The third kappa shape index (κ3) is 8.42. The van der Waals surface area contributed by atoms with Crippen molar-refractivity contribution in [3.05, 3.63) is 54.1 Å². The van der Waals surface area contributed by atoms with Crippen molar-refractivity contribution in [1.82, 2.24) is 0 Å². The zero-order valence-corrected chi connectivity index (χ0v) is 23.5. The molecule has 1 aliphatic rings. The smallest absolute Gasteiger partial charge is 0.744 e. The van der Waals surface area contributed by atoms with Crippen molar-refractivity contribution in [3.63, 3.8) is 0 Å². The van der Waals surface area contributed by atoms with Crippen molar-refractivity contribution in [2.24, 2.45) is 0 Å². The Morgan fingerprint density at radius 3 is 2.16 bits per heavy atom. The fraction of sp³-hybridized carbons (Fsp3) is 0.520. The van der Waals surface area contributed by atoms with Gasteiger partial charge in [-0.25, -0.2) is 8.42 Å². The minimum atomic E-state index is -4.46. The van der Waals surface area contributed by atoms with Gasteiger partial charge in [0, 0.05) is 6.54 Å². The average Bonchev–Trinajstić information content (AvgIpc) is 3.09. The summed E-state index contributed by atoms with van der Waals surface area (Å²) < 4.78 is 34.3. The SMILES string of the molecule is CCCCCCCCCCCC1Nc2cc(S(=O)(=O)[O-])ccc2N1Cc1ccccc1.[K+]. The molecule has 1 unspecified atom stereocenters. The first-order chi connectivity index (χ1) is 15.0. The molecule has 0 fully saturated rings. The summed E-state index contributed by atoms with van der Waals surface area (Å²) in [4.78, 5) is 2.11. The summed E-state index contributed by atoms with van der Waals surface area (Å²) in [5.41, 5.74) is 2.89. The Morgan fingerprint density at radius 2 is 1.53 bits per heavy atom. The molecule has 0 aromatic heterocycles. The van der Waals surface area contributed by atoms with E-state index in [0.717, 1.165) is 30.8 Å². The standard InChI is InChI=1S/C25H36N2O3S.K/c1-2-3-4-5-6-7-8-9-13-16-25-26-23-19-22(31(28,29)30)17-18-24(23)27(25)20-21-14-11-10-12-15-21;/h10-12,14-15,17-19,25-26H,2-9,13,16,20H2,1H3,(H,28,29,30);/q;+1/p-1. The van der Waals surface area contributed by atoms with Crippen LogP contribution in [-0.4, -0.2) is 19.1 Å². The maximum absolute atomic E-state index is 11.4. The van der Waals surface area contributed by atoms with Crippen molar-refractivity contribution < 1.29 is 64.4 Å². The molecular formula is C25H35KN2O3S. The van der Waals surface area contributed by atoms with Crippen molar-refractivity contribution >= 4 is 21.5 Å². The third-order valence-electron chi connectivity index (χ3n) is 6.04. The molecule has 1 heterocycles. The summed E-state index contributed by atoms with van der Waals surface area (Å²) in [6.07, 6.45) is 12.7. The second kappa shape index (κ2) is 14.1. The van der Waals surface area contributed by atoms with E-state index in [1.54, 1.807) is 6.07 Å². The molecule has 1 N–H and O–H groups in total. The Balaban J connectivity index is 0.00000363. The molecule has 2 aromatic carbocycles. The first-order valence-electron chi connectivity index (χ1n) is 11.7. The van der Waals surface area contributed by atoms with Gasteiger partial charge >= 0.3 is 51.4 Å². The third-order valence-corrected chi connectivity index (χ3v) is 6.87. The maximum atomic E-state index is 11.4. The van der Waals surface area contributed by atoms with Crippen LogP contribution in [0.2, 0.25) is 0 Å². The molecule has 1 atom stereocenters. The second-order valence-electron chi connectivity index (χ2n) is 8.52. The molecule has 0 saturated heterocycles. The van der Waals surface area contributed by atoms with Crippen LogP contribution >= 0.6 is 0 Å². The van der Waals surface area contributed by atoms with E-state index in [9.17, 15) is 13.0 Å². The molecule has 0 bridgehead atoms. The van der Waals surface area contributed by atoms with Gasteiger partial charge in [-0.1, -0.05) is 88.6 Å². The molecule has 0 spiro atoms. The molecule has 0 saturated carbocycles. The van der Waals surface area contributed by atoms with Gasteiger partial charge in [-0.2, -0.15) is 0 Å². The van der Waals surface area contributed by atoms with E-state index in [2.05, 4.69) is 29.3 Å². The topological polar surface area (TPSA) is 72.5 Å². The number of nitrogens with one attached hydrogen (secondary N) is 1. The first-order valence-corrected chi connectivity index (χ1v) is 13.1. The molecule has 2 aromatic rings. The first kappa shape index (κ1) is 27.8. The van der Waals surface area contributed by atoms with Gasteiger partial charge in [0.25, 0.3) is 0 Å². The van der Waals surface area contributed by atoms with Crippen LogP contribution in [0.25, 0.3) is 0 Å². The fourth-order valence-electron chi connectivity index (χ4n) is 4.31.